The highest BCUT2D eigenvalue weighted by atomic mass is 19.2. The summed E-state index contributed by atoms with van der Waals surface area (Å²) in [6.45, 7) is 3.97. The Hall–Kier alpha value is -2.70. The molecule has 1 aromatic carbocycles. The molecule has 0 aliphatic heterocycles. The quantitative estimate of drug-likeness (QED) is 0.879. The maximum atomic E-state index is 13.9. The van der Waals surface area contributed by atoms with Crippen LogP contribution in [-0.2, 0) is 0 Å². The van der Waals surface area contributed by atoms with Gasteiger partial charge in [0.05, 0.1) is 24.1 Å². The monoisotopic (exact) mass is 323 g/mol. The van der Waals surface area contributed by atoms with E-state index in [0.29, 0.717) is 18.1 Å². The van der Waals surface area contributed by atoms with E-state index in [2.05, 4.69) is 4.98 Å². The third-order valence-corrected chi connectivity index (χ3v) is 3.07. The van der Waals surface area contributed by atoms with Crippen molar-refractivity contribution in [2.24, 2.45) is 0 Å². The first-order chi connectivity index (χ1) is 10.9. The second-order valence-corrected chi connectivity index (χ2v) is 4.66. The van der Waals surface area contributed by atoms with Crippen LogP contribution in [0.5, 0.6) is 11.5 Å². The van der Waals surface area contributed by atoms with Gasteiger partial charge in [-0.3, -0.25) is 4.98 Å². The van der Waals surface area contributed by atoms with Crippen LogP contribution >= 0.6 is 0 Å². The van der Waals surface area contributed by atoms with Crippen molar-refractivity contribution >= 4 is 5.97 Å². The molecule has 0 amide bonds. The molecule has 2 aromatic rings. The number of hydrogen-bond acceptors (Lipinski definition) is 4. The number of ether oxygens (including phenoxy) is 2. The van der Waals surface area contributed by atoms with E-state index < -0.39 is 29.3 Å². The maximum absolute atomic E-state index is 13.9. The highest BCUT2D eigenvalue weighted by Crippen LogP contribution is 2.27. The topological polar surface area (TPSA) is 68.7 Å². The summed E-state index contributed by atoms with van der Waals surface area (Å²) in [5.41, 5.74) is -0.253. The van der Waals surface area contributed by atoms with E-state index in [0.717, 1.165) is 12.1 Å². The van der Waals surface area contributed by atoms with Crippen molar-refractivity contribution in [2.45, 2.75) is 20.0 Å². The van der Waals surface area contributed by atoms with Crippen molar-refractivity contribution < 1.29 is 28.2 Å². The van der Waals surface area contributed by atoms with Crippen molar-refractivity contribution in [1.29, 1.82) is 0 Å². The summed E-state index contributed by atoms with van der Waals surface area (Å²) in [5, 5.41) is 8.74. The molecule has 1 unspecified atom stereocenters. The molecule has 0 spiro atoms. The third kappa shape index (κ3) is 3.74. The predicted octanol–water partition coefficient (Wildman–Crippen LogP) is 3.60. The number of aromatic carboxylic acids is 1. The zero-order valence-corrected chi connectivity index (χ0v) is 12.5. The van der Waals surface area contributed by atoms with Crippen molar-refractivity contribution in [3.05, 3.63) is 53.4 Å². The van der Waals surface area contributed by atoms with Gasteiger partial charge in [0.1, 0.15) is 11.9 Å². The first-order valence-corrected chi connectivity index (χ1v) is 6.90. The number of halogens is 2. The van der Waals surface area contributed by atoms with Gasteiger partial charge in [-0.25, -0.2) is 9.18 Å². The van der Waals surface area contributed by atoms with Crippen molar-refractivity contribution in [3.8, 4) is 11.5 Å². The number of benzene rings is 1. The molecule has 1 heterocycles. The van der Waals surface area contributed by atoms with Gasteiger partial charge in [0, 0.05) is 0 Å². The molecule has 1 atom stereocenters. The minimum absolute atomic E-state index is 0.379. The van der Waals surface area contributed by atoms with Crippen LogP contribution in [0, 0.1) is 11.6 Å². The summed E-state index contributed by atoms with van der Waals surface area (Å²) in [7, 11) is 0. The Morgan fingerprint density at radius 1 is 1.26 bits per heavy atom. The molecule has 7 heteroatoms. The zero-order valence-electron chi connectivity index (χ0n) is 12.5. The van der Waals surface area contributed by atoms with E-state index >= 15 is 0 Å². The Labute approximate surface area is 131 Å². The molecule has 0 aliphatic rings. The van der Waals surface area contributed by atoms with Gasteiger partial charge in [-0.05, 0) is 38.1 Å². The highest BCUT2D eigenvalue weighted by Gasteiger charge is 2.20. The van der Waals surface area contributed by atoms with Crippen LogP contribution < -0.4 is 9.47 Å². The van der Waals surface area contributed by atoms with E-state index in [1.165, 1.54) is 6.20 Å². The van der Waals surface area contributed by atoms with E-state index in [-0.39, 0.29) is 5.75 Å². The lowest BCUT2D eigenvalue weighted by atomic mass is 10.2. The van der Waals surface area contributed by atoms with Gasteiger partial charge in [0.15, 0.2) is 11.6 Å². The second-order valence-electron chi connectivity index (χ2n) is 4.66. The average Bonchev–Trinajstić information content (AvgIpc) is 2.52. The van der Waals surface area contributed by atoms with Gasteiger partial charge in [0.2, 0.25) is 5.82 Å². The Kier molecular flexibility index (Phi) is 5.10. The molecule has 2 rings (SSSR count). The SMILES string of the molecule is CCOc1ccc(C(C)Oc2ccc(C(=O)O)c(F)c2F)nc1. The van der Waals surface area contributed by atoms with Gasteiger partial charge in [-0.2, -0.15) is 4.39 Å². The van der Waals surface area contributed by atoms with Gasteiger partial charge >= 0.3 is 5.97 Å². The van der Waals surface area contributed by atoms with Crippen molar-refractivity contribution in [2.75, 3.05) is 6.61 Å². The Morgan fingerprint density at radius 3 is 2.57 bits per heavy atom. The number of pyridine rings is 1. The number of aromatic nitrogens is 1. The smallest absolute Gasteiger partial charge is 0.338 e. The molecular formula is C16H15F2NO4. The summed E-state index contributed by atoms with van der Waals surface area (Å²) in [6, 6.07) is 5.37. The lowest BCUT2D eigenvalue weighted by Gasteiger charge is -2.15. The minimum Gasteiger partial charge on any atom is -0.492 e. The summed E-state index contributed by atoms with van der Waals surface area (Å²) in [6.07, 6.45) is 0.846. The number of nitrogens with zero attached hydrogens (tertiary/aromatic N) is 1. The van der Waals surface area contributed by atoms with Crippen LogP contribution in [0.1, 0.15) is 36.0 Å². The zero-order chi connectivity index (χ0) is 17.0. The van der Waals surface area contributed by atoms with Crippen molar-refractivity contribution in [1.82, 2.24) is 4.98 Å². The molecule has 1 aromatic heterocycles. The molecule has 0 bridgehead atoms. The highest BCUT2D eigenvalue weighted by molar-refractivity contribution is 5.88. The van der Waals surface area contributed by atoms with Crippen LogP contribution in [0.15, 0.2) is 30.5 Å². The Bertz CT molecular complexity index is 704. The van der Waals surface area contributed by atoms with Crippen molar-refractivity contribution in [3.63, 3.8) is 0 Å². The first-order valence-electron chi connectivity index (χ1n) is 6.90. The van der Waals surface area contributed by atoms with Gasteiger partial charge in [-0.15, -0.1) is 0 Å². The molecule has 0 fully saturated rings. The van der Waals surface area contributed by atoms with Crippen LogP contribution in [0.3, 0.4) is 0 Å². The predicted molar refractivity (Wildman–Crippen MR) is 77.8 cm³/mol. The van der Waals surface area contributed by atoms with E-state index in [9.17, 15) is 13.6 Å². The molecular weight excluding hydrogens is 308 g/mol. The maximum Gasteiger partial charge on any atom is 0.338 e. The van der Waals surface area contributed by atoms with Crippen LogP contribution in [0.4, 0.5) is 8.78 Å². The third-order valence-electron chi connectivity index (χ3n) is 3.07. The van der Waals surface area contributed by atoms with Crippen LogP contribution in [0.2, 0.25) is 0 Å². The standard InChI is InChI=1S/C16H15F2NO4/c1-3-22-10-4-6-12(19-8-10)9(2)23-13-7-5-11(16(20)21)14(17)15(13)18/h4-9H,3H2,1-2H3,(H,20,21). The lowest BCUT2D eigenvalue weighted by Crippen LogP contribution is -2.09. The number of carboxylic acid groups (broad SMARTS) is 1. The molecule has 122 valence electrons. The number of rotatable bonds is 6. The number of carboxylic acids is 1. The molecule has 1 N–H and O–H groups in total. The summed E-state index contributed by atoms with van der Waals surface area (Å²) >= 11 is 0. The van der Waals surface area contributed by atoms with E-state index in [4.69, 9.17) is 14.6 Å². The fraction of sp³-hybridized carbons (Fsp3) is 0.250. The van der Waals surface area contributed by atoms with Gasteiger partial charge < -0.3 is 14.6 Å². The summed E-state index contributed by atoms with van der Waals surface area (Å²) in [5.74, 6) is -4.14. The van der Waals surface area contributed by atoms with Gasteiger partial charge in [0.25, 0.3) is 0 Å². The fourth-order valence-corrected chi connectivity index (χ4v) is 1.92. The minimum atomic E-state index is -1.55. The van der Waals surface area contributed by atoms with E-state index in [1.807, 2.05) is 6.92 Å². The molecule has 0 saturated heterocycles. The van der Waals surface area contributed by atoms with Crippen LogP contribution in [0.25, 0.3) is 0 Å². The second kappa shape index (κ2) is 7.04. The lowest BCUT2D eigenvalue weighted by molar-refractivity contribution is 0.0690. The average molecular weight is 323 g/mol. The molecule has 0 radical (unpaired) electrons. The number of hydrogen-bond donors (Lipinski definition) is 1. The molecule has 0 saturated carbocycles. The van der Waals surface area contributed by atoms with Crippen LogP contribution in [-0.4, -0.2) is 22.7 Å². The molecule has 5 nitrogen and oxygen atoms in total. The summed E-state index contributed by atoms with van der Waals surface area (Å²) in [4.78, 5) is 14.9. The van der Waals surface area contributed by atoms with Gasteiger partial charge in [-0.1, -0.05) is 0 Å². The Balaban J connectivity index is 2.18. The largest absolute Gasteiger partial charge is 0.492 e. The first kappa shape index (κ1) is 16.7. The Morgan fingerprint density at radius 2 is 2.00 bits per heavy atom. The molecule has 23 heavy (non-hydrogen) atoms. The molecule has 0 aliphatic carbocycles. The number of carbonyl (C=O) groups is 1. The fourth-order valence-electron chi connectivity index (χ4n) is 1.92. The summed E-state index contributed by atoms with van der Waals surface area (Å²) < 4.78 is 38.1. The normalized spacial score (nSPS) is 11.8. The van der Waals surface area contributed by atoms with E-state index in [1.54, 1.807) is 19.1 Å².